The SMILES string of the molecule is COc1ccc(NC(=O)NC2COc3c(C)cccc3C2)c(S(C)(=O)=O)c1. The normalized spacial score (nSPS) is 16.0. The van der Waals surface area contributed by atoms with Crippen molar-refractivity contribution in [2.75, 3.05) is 25.3 Å². The summed E-state index contributed by atoms with van der Waals surface area (Å²) in [6.45, 7) is 2.34. The van der Waals surface area contributed by atoms with Crippen molar-refractivity contribution in [1.29, 1.82) is 0 Å². The first-order valence-electron chi connectivity index (χ1n) is 8.45. The van der Waals surface area contributed by atoms with E-state index in [4.69, 9.17) is 9.47 Å². The second-order valence-electron chi connectivity index (χ2n) is 6.51. The summed E-state index contributed by atoms with van der Waals surface area (Å²) < 4.78 is 34.9. The zero-order valence-electron chi connectivity index (χ0n) is 15.4. The third-order valence-electron chi connectivity index (χ3n) is 4.36. The quantitative estimate of drug-likeness (QED) is 0.837. The van der Waals surface area contributed by atoms with Gasteiger partial charge in [-0.15, -0.1) is 0 Å². The zero-order chi connectivity index (χ0) is 19.6. The van der Waals surface area contributed by atoms with Gasteiger partial charge in [0.25, 0.3) is 0 Å². The van der Waals surface area contributed by atoms with E-state index in [0.717, 1.165) is 23.1 Å². The van der Waals surface area contributed by atoms with Crippen LogP contribution in [0.4, 0.5) is 10.5 Å². The molecule has 0 saturated carbocycles. The Bertz CT molecular complexity index is 972. The molecular weight excluding hydrogens is 368 g/mol. The lowest BCUT2D eigenvalue weighted by Crippen LogP contribution is -2.44. The first kappa shape index (κ1) is 19.0. The van der Waals surface area contributed by atoms with E-state index in [9.17, 15) is 13.2 Å². The molecule has 0 aromatic heterocycles. The van der Waals surface area contributed by atoms with Crippen LogP contribution in [0.1, 0.15) is 11.1 Å². The van der Waals surface area contributed by atoms with Crippen molar-refractivity contribution in [3.63, 3.8) is 0 Å². The molecular formula is C19H22N2O5S. The van der Waals surface area contributed by atoms with Gasteiger partial charge < -0.3 is 20.1 Å². The smallest absolute Gasteiger partial charge is 0.319 e. The van der Waals surface area contributed by atoms with Gasteiger partial charge in [0.2, 0.25) is 0 Å². The second-order valence-corrected chi connectivity index (χ2v) is 8.49. The molecule has 0 spiro atoms. The maximum Gasteiger partial charge on any atom is 0.319 e. The minimum Gasteiger partial charge on any atom is -0.497 e. The highest BCUT2D eigenvalue weighted by Crippen LogP contribution is 2.29. The van der Waals surface area contributed by atoms with Crippen molar-refractivity contribution < 1.29 is 22.7 Å². The summed E-state index contributed by atoms with van der Waals surface area (Å²) in [6.07, 6.45) is 1.73. The molecule has 3 rings (SSSR count). The van der Waals surface area contributed by atoms with Crippen LogP contribution < -0.4 is 20.1 Å². The third kappa shape index (κ3) is 4.33. The lowest BCUT2D eigenvalue weighted by atomic mass is 10.0. The molecule has 2 aromatic rings. The largest absolute Gasteiger partial charge is 0.497 e. The van der Waals surface area contributed by atoms with Gasteiger partial charge in [-0.25, -0.2) is 13.2 Å². The number of carbonyl (C=O) groups is 1. The van der Waals surface area contributed by atoms with E-state index in [-0.39, 0.29) is 16.6 Å². The summed E-state index contributed by atoms with van der Waals surface area (Å²) >= 11 is 0. The molecule has 1 unspecified atom stereocenters. The summed E-state index contributed by atoms with van der Waals surface area (Å²) in [6, 6.07) is 9.69. The van der Waals surface area contributed by atoms with E-state index in [2.05, 4.69) is 10.6 Å². The molecule has 2 amide bonds. The Morgan fingerprint density at radius 1 is 1.26 bits per heavy atom. The molecule has 0 bridgehead atoms. The average molecular weight is 390 g/mol. The van der Waals surface area contributed by atoms with Crippen LogP contribution in [-0.2, 0) is 16.3 Å². The van der Waals surface area contributed by atoms with Crippen molar-refractivity contribution in [2.45, 2.75) is 24.3 Å². The Balaban J connectivity index is 1.72. The maximum atomic E-state index is 12.4. The Hall–Kier alpha value is -2.74. The molecule has 1 aliphatic rings. The first-order valence-corrected chi connectivity index (χ1v) is 10.3. The highest BCUT2D eigenvalue weighted by molar-refractivity contribution is 7.90. The topological polar surface area (TPSA) is 93.7 Å². The van der Waals surface area contributed by atoms with Crippen LogP contribution in [-0.4, -0.2) is 40.5 Å². The number of para-hydroxylation sites is 1. The van der Waals surface area contributed by atoms with Crippen LogP contribution in [0, 0.1) is 6.92 Å². The number of amides is 2. The number of rotatable bonds is 4. The number of urea groups is 1. The van der Waals surface area contributed by atoms with Crippen molar-refractivity contribution in [1.82, 2.24) is 5.32 Å². The molecule has 0 aliphatic carbocycles. The molecule has 2 N–H and O–H groups in total. The standard InChI is InChI=1S/C19H22N2O5S/c1-12-5-4-6-13-9-14(11-26-18(12)13)20-19(22)21-16-8-7-15(25-2)10-17(16)27(3,23)24/h4-8,10,14H,9,11H2,1-3H3,(H2,20,21,22). The average Bonchev–Trinajstić information content (AvgIpc) is 2.61. The fourth-order valence-electron chi connectivity index (χ4n) is 3.06. The first-order chi connectivity index (χ1) is 12.8. The number of carbonyl (C=O) groups excluding carboxylic acids is 1. The molecule has 1 heterocycles. The summed E-state index contributed by atoms with van der Waals surface area (Å²) in [5, 5.41) is 5.44. The predicted octanol–water partition coefficient (Wildman–Crippen LogP) is 2.53. The molecule has 1 aliphatic heterocycles. The van der Waals surface area contributed by atoms with Gasteiger partial charge in [0.1, 0.15) is 18.1 Å². The van der Waals surface area contributed by atoms with Gasteiger partial charge in [-0.1, -0.05) is 18.2 Å². The van der Waals surface area contributed by atoms with E-state index in [1.54, 1.807) is 6.07 Å². The van der Waals surface area contributed by atoms with E-state index < -0.39 is 15.9 Å². The van der Waals surface area contributed by atoms with Crippen LogP contribution in [0.2, 0.25) is 0 Å². The highest BCUT2D eigenvalue weighted by atomic mass is 32.2. The summed E-state index contributed by atoms with van der Waals surface area (Å²) in [5.74, 6) is 1.26. The highest BCUT2D eigenvalue weighted by Gasteiger charge is 2.23. The van der Waals surface area contributed by atoms with Gasteiger partial charge in [0.15, 0.2) is 9.84 Å². The monoisotopic (exact) mass is 390 g/mol. The van der Waals surface area contributed by atoms with Crippen LogP contribution >= 0.6 is 0 Å². The van der Waals surface area contributed by atoms with Gasteiger partial charge in [-0.3, -0.25) is 0 Å². The number of anilines is 1. The fraction of sp³-hybridized carbons (Fsp3) is 0.316. The van der Waals surface area contributed by atoms with Crippen molar-refractivity contribution >= 4 is 21.6 Å². The second kappa shape index (κ2) is 7.48. The molecule has 0 saturated heterocycles. The number of aryl methyl sites for hydroxylation is 1. The molecule has 144 valence electrons. The van der Waals surface area contributed by atoms with E-state index in [1.807, 2.05) is 25.1 Å². The summed E-state index contributed by atoms with van der Waals surface area (Å²) in [4.78, 5) is 12.4. The van der Waals surface area contributed by atoms with Crippen LogP contribution in [0.5, 0.6) is 11.5 Å². The molecule has 27 heavy (non-hydrogen) atoms. The van der Waals surface area contributed by atoms with Gasteiger partial charge >= 0.3 is 6.03 Å². The van der Waals surface area contributed by atoms with Crippen molar-refractivity contribution in [3.8, 4) is 11.5 Å². The van der Waals surface area contributed by atoms with E-state index in [0.29, 0.717) is 18.8 Å². The Morgan fingerprint density at radius 3 is 2.74 bits per heavy atom. The number of ether oxygens (including phenoxy) is 2. The molecule has 1 atom stereocenters. The number of hydrogen-bond acceptors (Lipinski definition) is 5. The van der Waals surface area contributed by atoms with Gasteiger partial charge in [-0.2, -0.15) is 0 Å². The molecule has 0 radical (unpaired) electrons. The van der Waals surface area contributed by atoms with Crippen LogP contribution in [0.25, 0.3) is 0 Å². The number of sulfone groups is 1. The zero-order valence-corrected chi connectivity index (χ0v) is 16.2. The summed E-state index contributed by atoms with van der Waals surface area (Å²) in [5.41, 5.74) is 2.29. The Labute approximate surface area is 158 Å². The van der Waals surface area contributed by atoms with Crippen molar-refractivity contribution in [2.24, 2.45) is 0 Å². The molecule has 2 aromatic carbocycles. The number of nitrogens with one attached hydrogen (secondary N) is 2. The van der Waals surface area contributed by atoms with Gasteiger partial charge in [0.05, 0.1) is 23.7 Å². The third-order valence-corrected chi connectivity index (χ3v) is 5.50. The van der Waals surface area contributed by atoms with Crippen LogP contribution in [0.15, 0.2) is 41.3 Å². The number of benzene rings is 2. The van der Waals surface area contributed by atoms with Gasteiger partial charge in [0, 0.05) is 12.3 Å². The molecule has 0 fully saturated rings. The van der Waals surface area contributed by atoms with Crippen LogP contribution in [0.3, 0.4) is 0 Å². The minimum absolute atomic E-state index is 0.00198. The van der Waals surface area contributed by atoms with Crippen molar-refractivity contribution in [3.05, 3.63) is 47.5 Å². The number of methoxy groups -OCH3 is 1. The van der Waals surface area contributed by atoms with E-state index in [1.165, 1.54) is 19.2 Å². The Morgan fingerprint density at radius 2 is 2.04 bits per heavy atom. The lowest BCUT2D eigenvalue weighted by Gasteiger charge is -2.27. The number of fused-ring (bicyclic) bond motifs is 1. The maximum absolute atomic E-state index is 12.4. The predicted molar refractivity (Wildman–Crippen MR) is 102 cm³/mol. The number of hydrogen-bond donors (Lipinski definition) is 2. The lowest BCUT2D eigenvalue weighted by molar-refractivity contribution is 0.222. The van der Waals surface area contributed by atoms with Gasteiger partial charge in [-0.05, 0) is 36.6 Å². The van der Waals surface area contributed by atoms with E-state index >= 15 is 0 Å². The fourth-order valence-corrected chi connectivity index (χ4v) is 3.91. The minimum atomic E-state index is -3.54. The summed E-state index contributed by atoms with van der Waals surface area (Å²) in [7, 11) is -2.09. The Kier molecular flexibility index (Phi) is 5.27. The molecule has 7 nitrogen and oxygen atoms in total. The molecule has 8 heteroatoms.